The lowest BCUT2D eigenvalue weighted by atomic mass is 10.0. The number of amides is 1. The van der Waals surface area contributed by atoms with Gasteiger partial charge in [-0.3, -0.25) is 9.69 Å². The number of rotatable bonds is 7. The molecule has 34 heavy (non-hydrogen) atoms. The standard InChI is InChI=1S/C27H30N4O2S/c1-17(2)28-26(32)24-14-19(34-27-29-22-10-6-7-11-23(22)30-27)15-31(24)16-21-20-9-5-4-8-18(20)12-13-25(21)33-3/h4-13,17,19,24H,14-16H2,1-3H3,(H,28,32)(H,29,30)/t19-,24-/m0/s1. The SMILES string of the molecule is COc1ccc2ccccc2c1CN1C[C@@H](Sc2nc3ccccc3[nH]2)C[C@H]1C(=O)NC(C)C. The number of likely N-dealkylation sites (tertiary alicyclic amines) is 1. The van der Waals surface area contributed by atoms with Crippen LogP contribution in [0.25, 0.3) is 21.8 Å². The number of hydrogen-bond acceptors (Lipinski definition) is 5. The van der Waals surface area contributed by atoms with Crippen molar-refractivity contribution in [3.05, 3.63) is 66.2 Å². The molecule has 0 aliphatic carbocycles. The molecule has 1 aromatic heterocycles. The molecule has 1 saturated heterocycles. The van der Waals surface area contributed by atoms with Gasteiger partial charge in [0.05, 0.1) is 24.2 Å². The number of nitrogens with one attached hydrogen (secondary N) is 2. The average molecular weight is 475 g/mol. The molecule has 2 heterocycles. The summed E-state index contributed by atoms with van der Waals surface area (Å²) in [7, 11) is 1.71. The van der Waals surface area contributed by atoms with Gasteiger partial charge >= 0.3 is 0 Å². The van der Waals surface area contributed by atoms with Gasteiger partial charge in [-0.25, -0.2) is 4.98 Å². The second-order valence-electron chi connectivity index (χ2n) is 9.11. The fourth-order valence-electron chi connectivity index (χ4n) is 4.79. The first kappa shape index (κ1) is 22.7. The number of methoxy groups -OCH3 is 1. The first-order valence-corrected chi connectivity index (χ1v) is 12.6. The molecule has 4 aromatic rings. The van der Waals surface area contributed by atoms with Crippen LogP contribution in [0.2, 0.25) is 0 Å². The van der Waals surface area contributed by atoms with Crippen LogP contribution >= 0.6 is 11.8 Å². The van der Waals surface area contributed by atoms with Crippen LogP contribution in [-0.4, -0.2) is 51.8 Å². The van der Waals surface area contributed by atoms with Gasteiger partial charge in [0.2, 0.25) is 5.91 Å². The average Bonchev–Trinajstić information content (AvgIpc) is 3.42. The Bertz CT molecular complexity index is 1290. The molecule has 176 valence electrons. The number of benzene rings is 3. The molecule has 0 saturated carbocycles. The van der Waals surface area contributed by atoms with Gasteiger partial charge in [-0.2, -0.15) is 0 Å². The number of ether oxygens (including phenoxy) is 1. The Hall–Kier alpha value is -3.03. The maximum atomic E-state index is 13.2. The third kappa shape index (κ3) is 4.63. The van der Waals surface area contributed by atoms with E-state index < -0.39 is 0 Å². The second-order valence-corrected chi connectivity index (χ2v) is 10.4. The molecule has 1 fully saturated rings. The number of para-hydroxylation sites is 2. The smallest absolute Gasteiger partial charge is 0.237 e. The molecule has 0 unspecified atom stereocenters. The molecule has 6 nitrogen and oxygen atoms in total. The van der Waals surface area contributed by atoms with Gasteiger partial charge in [0.25, 0.3) is 0 Å². The first-order chi connectivity index (χ1) is 16.5. The normalized spacial score (nSPS) is 18.7. The van der Waals surface area contributed by atoms with E-state index in [2.05, 4.69) is 39.5 Å². The monoisotopic (exact) mass is 474 g/mol. The lowest BCUT2D eigenvalue weighted by Gasteiger charge is -2.26. The van der Waals surface area contributed by atoms with Crippen LogP contribution in [-0.2, 0) is 11.3 Å². The minimum atomic E-state index is -0.201. The van der Waals surface area contributed by atoms with E-state index in [1.54, 1.807) is 18.9 Å². The fraction of sp³-hybridized carbons (Fsp3) is 0.333. The number of hydrogen-bond donors (Lipinski definition) is 2. The van der Waals surface area contributed by atoms with Crippen LogP contribution in [0.4, 0.5) is 0 Å². The van der Waals surface area contributed by atoms with Crippen molar-refractivity contribution in [3.8, 4) is 5.75 Å². The third-order valence-corrected chi connectivity index (χ3v) is 7.41. The summed E-state index contributed by atoms with van der Waals surface area (Å²) in [6.45, 7) is 5.46. The Labute approximate surface area is 204 Å². The zero-order valence-electron chi connectivity index (χ0n) is 19.7. The Morgan fingerprint density at radius 2 is 1.97 bits per heavy atom. The third-order valence-electron chi connectivity index (χ3n) is 6.32. The molecule has 1 aliphatic heterocycles. The Kier molecular flexibility index (Phi) is 6.48. The molecule has 1 aliphatic rings. The maximum absolute atomic E-state index is 13.2. The highest BCUT2D eigenvalue weighted by Gasteiger charge is 2.38. The number of carbonyl (C=O) groups is 1. The summed E-state index contributed by atoms with van der Waals surface area (Å²) in [5, 5.41) is 6.62. The number of thioether (sulfide) groups is 1. The molecule has 0 radical (unpaired) electrons. The van der Waals surface area contributed by atoms with E-state index in [1.807, 2.05) is 50.2 Å². The quantitative estimate of drug-likeness (QED) is 0.395. The van der Waals surface area contributed by atoms with Crippen molar-refractivity contribution >= 4 is 39.5 Å². The fourth-order valence-corrected chi connectivity index (χ4v) is 5.97. The van der Waals surface area contributed by atoms with E-state index in [0.29, 0.717) is 6.54 Å². The Balaban J connectivity index is 1.43. The van der Waals surface area contributed by atoms with Crippen molar-refractivity contribution in [3.63, 3.8) is 0 Å². The van der Waals surface area contributed by atoms with Gasteiger partial charge in [-0.15, -0.1) is 0 Å². The van der Waals surface area contributed by atoms with E-state index in [9.17, 15) is 4.79 Å². The number of carbonyl (C=O) groups excluding carboxylic acids is 1. The molecule has 0 bridgehead atoms. The molecule has 0 spiro atoms. The summed E-state index contributed by atoms with van der Waals surface area (Å²) in [4.78, 5) is 23.6. The summed E-state index contributed by atoms with van der Waals surface area (Å²) >= 11 is 1.73. The number of nitrogens with zero attached hydrogens (tertiary/aromatic N) is 2. The van der Waals surface area contributed by atoms with Gasteiger partial charge in [0.1, 0.15) is 5.75 Å². The minimum Gasteiger partial charge on any atom is -0.496 e. The molecular weight excluding hydrogens is 444 g/mol. The van der Waals surface area contributed by atoms with Crippen LogP contribution in [0.5, 0.6) is 5.75 Å². The van der Waals surface area contributed by atoms with E-state index in [4.69, 9.17) is 9.72 Å². The molecular formula is C27H30N4O2S. The van der Waals surface area contributed by atoms with Crippen molar-refractivity contribution < 1.29 is 9.53 Å². The Morgan fingerprint density at radius 1 is 1.18 bits per heavy atom. The number of H-pyrrole nitrogens is 1. The van der Waals surface area contributed by atoms with E-state index >= 15 is 0 Å². The molecule has 1 amide bonds. The second kappa shape index (κ2) is 9.68. The largest absolute Gasteiger partial charge is 0.496 e. The van der Waals surface area contributed by atoms with Crippen molar-refractivity contribution in [1.29, 1.82) is 0 Å². The van der Waals surface area contributed by atoms with Crippen LogP contribution < -0.4 is 10.1 Å². The van der Waals surface area contributed by atoms with E-state index in [-0.39, 0.29) is 23.2 Å². The molecule has 3 aromatic carbocycles. The van der Waals surface area contributed by atoms with Crippen molar-refractivity contribution in [2.24, 2.45) is 0 Å². The molecule has 5 rings (SSSR count). The summed E-state index contributed by atoms with van der Waals surface area (Å²) in [5.41, 5.74) is 3.13. The number of aromatic nitrogens is 2. The van der Waals surface area contributed by atoms with Gasteiger partial charge in [-0.05, 0) is 49.2 Å². The van der Waals surface area contributed by atoms with Gasteiger partial charge < -0.3 is 15.0 Å². The van der Waals surface area contributed by atoms with Crippen LogP contribution in [0, 0.1) is 0 Å². The Morgan fingerprint density at radius 3 is 2.76 bits per heavy atom. The van der Waals surface area contributed by atoms with Crippen molar-refractivity contribution in [2.45, 2.75) is 49.3 Å². The summed E-state index contributed by atoms with van der Waals surface area (Å²) in [5.74, 6) is 0.942. The maximum Gasteiger partial charge on any atom is 0.237 e. The summed E-state index contributed by atoms with van der Waals surface area (Å²) in [6, 6.07) is 20.4. The van der Waals surface area contributed by atoms with E-state index in [1.165, 1.54) is 10.8 Å². The number of imidazole rings is 1. The number of fused-ring (bicyclic) bond motifs is 2. The highest BCUT2D eigenvalue weighted by atomic mass is 32.2. The molecule has 7 heteroatoms. The zero-order valence-corrected chi connectivity index (χ0v) is 20.6. The predicted molar refractivity (Wildman–Crippen MR) is 138 cm³/mol. The highest BCUT2D eigenvalue weighted by molar-refractivity contribution is 7.99. The van der Waals surface area contributed by atoms with Crippen LogP contribution in [0.3, 0.4) is 0 Å². The van der Waals surface area contributed by atoms with Crippen LogP contribution in [0.15, 0.2) is 65.8 Å². The predicted octanol–water partition coefficient (Wildman–Crippen LogP) is 4.98. The van der Waals surface area contributed by atoms with Gasteiger partial charge in [-0.1, -0.05) is 54.2 Å². The lowest BCUT2D eigenvalue weighted by Crippen LogP contribution is -2.45. The minimum absolute atomic E-state index is 0.0851. The lowest BCUT2D eigenvalue weighted by molar-refractivity contribution is -0.126. The van der Waals surface area contributed by atoms with Gasteiger partial charge in [0, 0.05) is 29.9 Å². The topological polar surface area (TPSA) is 70.2 Å². The molecule has 2 atom stereocenters. The zero-order chi connectivity index (χ0) is 23.7. The summed E-state index contributed by atoms with van der Waals surface area (Å²) < 4.78 is 5.73. The molecule has 2 N–H and O–H groups in total. The van der Waals surface area contributed by atoms with Crippen molar-refractivity contribution in [1.82, 2.24) is 20.2 Å². The summed E-state index contributed by atoms with van der Waals surface area (Å²) in [6.07, 6.45) is 0.771. The van der Waals surface area contributed by atoms with Crippen molar-refractivity contribution in [2.75, 3.05) is 13.7 Å². The first-order valence-electron chi connectivity index (χ1n) is 11.7. The van der Waals surface area contributed by atoms with Gasteiger partial charge in [0.15, 0.2) is 5.16 Å². The van der Waals surface area contributed by atoms with E-state index in [0.717, 1.165) is 40.5 Å². The highest BCUT2D eigenvalue weighted by Crippen LogP contribution is 2.36. The van der Waals surface area contributed by atoms with Crippen LogP contribution in [0.1, 0.15) is 25.8 Å². The number of aromatic amines is 1.